The largest absolute Gasteiger partial charge is 0.496 e. The lowest BCUT2D eigenvalue weighted by atomic mass is 9.76. The highest BCUT2D eigenvalue weighted by Crippen LogP contribution is 2.36. The number of anilines is 1. The number of ether oxygens (including phenoxy) is 6. The van der Waals surface area contributed by atoms with Gasteiger partial charge >= 0.3 is 0 Å². The van der Waals surface area contributed by atoms with Crippen molar-refractivity contribution in [2.75, 3.05) is 124 Å². The van der Waals surface area contributed by atoms with Crippen molar-refractivity contribution < 1.29 is 61.1 Å². The van der Waals surface area contributed by atoms with Gasteiger partial charge in [0.1, 0.15) is 35.6 Å². The lowest BCUT2D eigenvalue weighted by Gasteiger charge is -2.43. The number of aliphatic hydroxyl groups is 1. The van der Waals surface area contributed by atoms with Crippen molar-refractivity contribution in [2.24, 2.45) is 11.3 Å². The first-order chi connectivity index (χ1) is 44.2. The molecule has 0 bridgehead atoms. The standard InChI is InChI=1S/C68H95N9O13S2/c1-47(2)92(83,84)61-12-10-9-11-52(61)38-62-70-45-71-63(73-62)39-53-37-48(3)58(42-60(53)85-8)75-21-17-54(18-22-75)74-23-25-76(26-24-74)64(80)20-28-87-30-32-89-34-36-90-35-33-88-31-29-86-27-19-55(78)40-57(68(5,6)7)67(82)77-44-56(79)41-59(77)66(81)69-43-50-13-15-51(16-14-50)65-49(4)72-46-91-65/h9-16,37,42,45-47,54,56-57,59,79H,17-36,38-41,43-44H2,1-8H3,(H,69,81)/t56-,57-,59+/m1/s1. The number of Topliss-reactive ketones (excluding diaryl/α,β-unsaturated/α-hetero) is 1. The monoisotopic (exact) mass is 1310 g/mol. The number of rotatable bonds is 34. The third kappa shape index (κ3) is 20.3. The van der Waals surface area contributed by atoms with Crippen LogP contribution in [0.3, 0.4) is 0 Å². The van der Waals surface area contributed by atoms with Gasteiger partial charge in [0.25, 0.3) is 0 Å². The van der Waals surface area contributed by atoms with Crippen LogP contribution in [-0.2, 0) is 72.1 Å². The summed E-state index contributed by atoms with van der Waals surface area (Å²) in [5.74, 6) is 0.484. The van der Waals surface area contributed by atoms with Crippen molar-refractivity contribution in [3.05, 3.63) is 112 Å². The third-order valence-electron chi connectivity index (χ3n) is 17.4. The Morgan fingerprint density at radius 2 is 1.35 bits per heavy atom. The van der Waals surface area contributed by atoms with Crippen molar-refractivity contribution in [1.82, 2.24) is 40.0 Å². The maximum Gasteiger partial charge on any atom is 0.243 e. The molecule has 3 aliphatic heterocycles. The quantitative estimate of drug-likeness (QED) is 0.0399. The van der Waals surface area contributed by atoms with E-state index in [1.54, 1.807) is 44.4 Å². The first kappa shape index (κ1) is 71.5. The van der Waals surface area contributed by atoms with Gasteiger partial charge in [-0.05, 0) is 80.3 Å². The van der Waals surface area contributed by atoms with E-state index in [2.05, 4.69) is 49.1 Å². The summed E-state index contributed by atoms with van der Waals surface area (Å²) in [5.41, 5.74) is 8.07. The summed E-state index contributed by atoms with van der Waals surface area (Å²) >= 11 is 1.58. The van der Waals surface area contributed by atoms with Gasteiger partial charge in [-0.15, -0.1) is 11.3 Å². The molecule has 0 spiro atoms. The zero-order valence-corrected chi connectivity index (χ0v) is 56.6. The molecule has 0 aliphatic carbocycles. The minimum Gasteiger partial charge on any atom is -0.496 e. The molecule has 24 heteroatoms. The van der Waals surface area contributed by atoms with E-state index >= 15 is 0 Å². The highest BCUT2D eigenvalue weighted by Gasteiger charge is 2.44. The summed E-state index contributed by atoms with van der Waals surface area (Å²) in [6, 6.07) is 18.8. The molecule has 3 amide bonds. The summed E-state index contributed by atoms with van der Waals surface area (Å²) in [6.45, 7) is 21.9. The molecule has 22 nitrogen and oxygen atoms in total. The Morgan fingerprint density at radius 3 is 1.93 bits per heavy atom. The number of carbonyl (C=O) groups excluding carboxylic acids is 4. The number of piperazine rings is 1. The summed E-state index contributed by atoms with van der Waals surface area (Å²) < 4.78 is 60.4. The van der Waals surface area contributed by atoms with Gasteiger partial charge < -0.3 is 53.5 Å². The van der Waals surface area contributed by atoms with Crippen LogP contribution in [0.1, 0.15) is 113 Å². The topological polar surface area (TPSA) is 255 Å². The van der Waals surface area contributed by atoms with Crippen LogP contribution in [0.25, 0.3) is 10.4 Å². The predicted octanol–water partition coefficient (Wildman–Crippen LogP) is 6.86. The number of aryl methyl sites for hydroxylation is 2. The van der Waals surface area contributed by atoms with Gasteiger partial charge in [-0.25, -0.2) is 28.4 Å². The molecular weight excluding hydrogens is 1210 g/mol. The number of benzene rings is 3. The van der Waals surface area contributed by atoms with Gasteiger partial charge in [-0.2, -0.15) is 0 Å². The molecule has 502 valence electrons. The van der Waals surface area contributed by atoms with E-state index < -0.39 is 38.6 Å². The lowest BCUT2D eigenvalue weighted by Crippen LogP contribution is -2.54. The van der Waals surface area contributed by atoms with Crippen molar-refractivity contribution in [3.63, 3.8) is 0 Å². The number of sulfone groups is 1. The number of thiazole rings is 1. The molecule has 3 aliphatic rings. The van der Waals surface area contributed by atoms with Crippen LogP contribution < -0.4 is 15.0 Å². The molecule has 2 aromatic heterocycles. The Hall–Kier alpha value is -6.35. The Labute approximate surface area is 547 Å². The number of hydrogen-bond acceptors (Lipinski definition) is 20. The van der Waals surface area contributed by atoms with Crippen molar-refractivity contribution >= 4 is 50.4 Å². The Morgan fingerprint density at radius 1 is 0.750 bits per heavy atom. The number of amides is 3. The molecule has 8 rings (SSSR count). The number of hydrogen-bond donors (Lipinski definition) is 2. The molecular formula is C68H95N9O13S2. The smallest absolute Gasteiger partial charge is 0.243 e. The average Bonchev–Trinajstić information content (AvgIpc) is 1.67. The van der Waals surface area contributed by atoms with Gasteiger partial charge in [0, 0.05) is 114 Å². The van der Waals surface area contributed by atoms with E-state index in [9.17, 15) is 32.7 Å². The number of methoxy groups -OCH3 is 1. The van der Waals surface area contributed by atoms with Gasteiger partial charge in [0.15, 0.2) is 9.84 Å². The van der Waals surface area contributed by atoms with E-state index in [0.717, 1.165) is 83.3 Å². The van der Waals surface area contributed by atoms with Crippen molar-refractivity contribution in [3.8, 4) is 16.2 Å². The van der Waals surface area contributed by atoms with Crippen LogP contribution in [0, 0.1) is 25.2 Å². The number of likely N-dealkylation sites (tertiary alicyclic amines) is 1. The molecule has 92 heavy (non-hydrogen) atoms. The first-order valence-corrected chi connectivity index (χ1v) is 34.7. The number of carbonyl (C=O) groups is 4. The SMILES string of the molecule is COc1cc(N2CCC(N3CCN(C(=O)CCOCCOCCOCCOCCOCCC(=O)C[C@H](C(=O)N4C[C@H](O)C[C@H]4C(=O)NCc4ccc(-c5scnc5C)cc4)C(C)(C)C)CC3)CC2)c(C)cc1Cc1ncnc(Cc2ccccc2S(=O)(=O)C(C)C)n1. The molecule has 0 radical (unpaired) electrons. The molecule has 3 aromatic carbocycles. The highest BCUT2D eigenvalue weighted by molar-refractivity contribution is 7.92. The second kappa shape index (κ2) is 34.7. The van der Waals surface area contributed by atoms with Crippen LogP contribution in [0.2, 0.25) is 0 Å². The van der Waals surface area contributed by atoms with Gasteiger partial charge in [0.05, 0.1) is 112 Å². The zero-order valence-electron chi connectivity index (χ0n) is 54.9. The molecule has 3 fully saturated rings. The normalized spacial score (nSPS) is 17.2. The molecule has 5 heterocycles. The van der Waals surface area contributed by atoms with Crippen molar-refractivity contribution in [1.29, 1.82) is 0 Å². The Bertz CT molecular complexity index is 3310. The number of β-amino-alcohol motifs (C(OH)–C–C–N with tert-alkyl or cyclic N) is 1. The van der Waals surface area contributed by atoms with Crippen LogP contribution in [0.15, 0.2) is 77.4 Å². The van der Waals surface area contributed by atoms with Crippen LogP contribution in [0.4, 0.5) is 5.69 Å². The summed E-state index contributed by atoms with van der Waals surface area (Å²) in [5, 5.41) is 13.0. The van der Waals surface area contributed by atoms with Crippen LogP contribution >= 0.6 is 11.3 Å². The highest BCUT2D eigenvalue weighted by atomic mass is 32.2. The summed E-state index contributed by atoms with van der Waals surface area (Å²) in [7, 11) is -1.80. The molecule has 5 aromatic rings. The molecule has 2 N–H and O–H groups in total. The van der Waals surface area contributed by atoms with Gasteiger partial charge in [-0.1, -0.05) is 63.2 Å². The maximum absolute atomic E-state index is 14.1. The van der Waals surface area contributed by atoms with Crippen molar-refractivity contribution in [2.45, 2.75) is 135 Å². The number of nitrogens with one attached hydrogen (secondary N) is 1. The van der Waals surface area contributed by atoms with Crippen LogP contribution in [0.5, 0.6) is 5.75 Å². The van der Waals surface area contributed by atoms with Crippen LogP contribution in [-0.4, -0.2) is 214 Å². The number of piperidine rings is 1. The second-order valence-electron chi connectivity index (χ2n) is 25.3. The maximum atomic E-state index is 14.1. The second-order valence-corrected chi connectivity index (χ2v) is 28.6. The number of aliphatic hydroxyl groups excluding tert-OH is 1. The van der Waals surface area contributed by atoms with E-state index in [-0.39, 0.29) is 68.9 Å². The summed E-state index contributed by atoms with van der Waals surface area (Å²) in [4.78, 5) is 81.5. The fourth-order valence-electron chi connectivity index (χ4n) is 12.0. The first-order valence-electron chi connectivity index (χ1n) is 32.3. The predicted molar refractivity (Wildman–Crippen MR) is 351 cm³/mol. The molecule has 0 saturated carbocycles. The molecule has 3 saturated heterocycles. The van der Waals surface area contributed by atoms with E-state index in [1.165, 1.54) is 11.2 Å². The van der Waals surface area contributed by atoms with Gasteiger partial charge in [-0.3, -0.25) is 24.1 Å². The number of nitrogens with zero attached hydrogens (tertiary/aromatic N) is 8. The Kier molecular flexibility index (Phi) is 27.0. The summed E-state index contributed by atoms with van der Waals surface area (Å²) in [6.07, 6.45) is 3.98. The Balaban J connectivity index is 0.619. The third-order valence-corrected chi connectivity index (χ3v) is 20.6. The number of aromatic nitrogens is 4. The molecule has 3 atom stereocenters. The fraction of sp³-hybridized carbons (Fsp3) is 0.588. The van der Waals surface area contributed by atoms with E-state index in [0.29, 0.717) is 114 Å². The zero-order chi connectivity index (χ0) is 65.8. The van der Waals surface area contributed by atoms with E-state index in [4.69, 9.17) is 33.4 Å². The average molecular weight is 1310 g/mol. The minimum absolute atomic E-state index is 0.00177. The minimum atomic E-state index is -3.48. The molecule has 0 unspecified atom stereocenters. The van der Waals surface area contributed by atoms with E-state index in [1.807, 2.05) is 74.5 Å². The fourth-order valence-corrected chi connectivity index (χ4v) is 14.1. The van der Waals surface area contributed by atoms with Gasteiger partial charge in [0.2, 0.25) is 17.7 Å². The number of ketones is 1. The lowest BCUT2D eigenvalue weighted by molar-refractivity contribution is -0.146.